The highest BCUT2D eigenvalue weighted by atomic mass is 35.5. The first-order valence-electron chi connectivity index (χ1n) is 8.60. The van der Waals surface area contributed by atoms with Crippen molar-refractivity contribution in [2.75, 3.05) is 16.3 Å². The second kappa shape index (κ2) is 6.76. The lowest BCUT2D eigenvalue weighted by atomic mass is 10.3. The topological polar surface area (TPSA) is 41.1 Å². The SMILES string of the molecule is Clc1ccc2nc3c(nc2c1)NN(c1ccccc1)C[S+]3c1ccccc1. The van der Waals surface area contributed by atoms with E-state index in [1.54, 1.807) is 0 Å². The van der Waals surface area contributed by atoms with E-state index >= 15 is 0 Å². The van der Waals surface area contributed by atoms with E-state index in [4.69, 9.17) is 21.6 Å². The zero-order valence-corrected chi connectivity index (χ0v) is 15.9. The molecule has 0 aliphatic carbocycles. The van der Waals surface area contributed by atoms with E-state index in [2.05, 4.69) is 46.8 Å². The average molecular weight is 392 g/mol. The molecule has 4 aromatic rings. The van der Waals surface area contributed by atoms with Crippen LogP contribution in [0.15, 0.2) is 88.8 Å². The molecule has 0 radical (unpaired) electrons. The van der Waals surface area contributed by atoms with Gasteiger partial charge in [0.1, 0.15) is 10.9 Å². The number of nitrogens with one attached hydrogen (secondary N) is 1. The minimum absolute atomic E-state index is 0.218. The highest BCUT2D eigenvalue weighted by Crippen LogP contribution is 2.35. The number of para-hydroxylation sites is 1. The molecule has 2 heterocycles. The molecule has 1 atom stereocenters. The van der Waals surface area contributed by atoms with Crippen molar-refractivity contribution in [1.82, 2.24) is 9.97 Å². The minimum Gasteiger partial charge on any atom is -0.272 e. The third kappa shape index (κ3) is 3.09. The number of nitrogens with zero attached hydrogens (tertiary/aromatic N) is 3. The van der Waals surface area contributed by atoms with E-state index in [9.17, 15) is 0 Å². The van der Waals surface area contributed by atoms with Gasteiger partial charge in [-0.3, -0.25) is 5.43 Å². The van der Waals surface area contributed by atoms with E-state index in [0.29, 0.717) is 5.02 Å². The van der Waals surface area contributed by atoms with Gasteiger partial charge in [-0.15, -0.1) is 0 Å². The normalized spacial score (nSPS) is 16.0. The quantitative estimate of drug-likeness (QED) is 0.481. The van der Waals surface area contributed by atoms with E-state index in [0.717, 1.165) is 33.4 Å². The molecule has 0 fully saturated rings. The molecule has 1 aliphatic heterocycles. The summed E-state index contributed by atoms with van der Waals surface area (Å²) < 4.78 is 0. The third-order valence-corrected chi connectivity index (χ3v) is 6.77. The summed E-state index contributed by atoms with van der Waals surface area (Å²) in [6.07, 6.45) is 0. The van der Waals surface area contributed by atoms with Crippen LogP contribution in [0, 0.1) is 0 Å². The van der Waals surface area contributed by atoms with Crippen LogP contribution in [-0.4, -0.2) is 15.8 Å². The van der Waals surface area contributed by atoms with Gasteiger partial charge in [0.05, 0.1) is 16.7 Å². The molecule has 3 aromatic carbocycles. The van der Waals surface area contributed by atoms with E-state index < -0.39 is 0 Å². The highest BCUT2D eigenvalue weighted by Gasteiger charge is 2.39. The summed E-state index contributed by atoms with van der Waals surface area (Å²) in [5, 5.41) is 3.79. The van der Waals surface area contributed by atoms with Crippen LogP contribution in [-0.2, 0) is 10.9 Å². The van der Waals surface area contributed by atoms with Gasteiger partial charge in [0.25, 0.3) is 5.03 Å². The number of benzene rings is 3. The summed E-state index contributed by atoms with van der Waals surface area (Å²) in [5.41, 5.74) is 6.20. The molecule has 27 heavy (non-hydrogen) atoms. The Morgan fingerprint density at radius 3 is 2.37 bits per heavy atom. The highest BCUT2D eigenvalue weighted by molar-refractivity contribution is 7.97. The second-order valence-electron chi connectivity index (χ2n) is 6.22. The van der Waals surface area contributed by atoms with Gasteiger partial charge < -0.3 is 0 Å². The summed E-state index contributed by atoms with van der Waals surface area (Å²) in [4.78, 5) is 11.0. The molecule has 0 amide bonds. The first-order valence-corrected chi connectivity index (χ1v) is 10.4. The summed E-state index contributed by atoms with van der Waals surface area (Å²) in [5.74, 6) is 1.58. The maximum Gasteiger partial charge on any atom is 0.299 e. The number of anilines is 2. The van der Waals surface area contributed by atoms with Gasteiger partial charge >= 0.3 is 0 Å². The molecule has 5 rings (SSSR count). The molecule has 4 nitrogen and oxygen atoms in total. The summed E-state index contributed by atoms with van der Waals surface area (Å²) >= 11 is 6.15. The number of rotatable bonds is 2. The van der Waals surface area contributed by atoms with Crippen LogP contribution >= 0.6 is 11.6 Å². The zero-order chi connectivity index (χ0) is 18.2. The Bertz CT molecular complexity index is 1110. The van der Waals surface area contributed by atoms with Gasteiger partial charge in [0.2, 0.25) is 11.7 Å². The lowest BCUT2D eigenvalue weighted by molar-refractivity contribution is 0.957. The Morgan fingerprint density at radius 2 is 1.59 bits per heavy atom. The maximum absolute atomic E-state index is 6.15. The molecule has 132 valence electrons. The smallest absolute Gasteiger partial charge is 0.272 e. The number of aromatic nitrogens is 2. The fourth-order valence-corrected chi connectivity index (χ4v) is 5.28. The minimum atomic E-state index is -0.218. The number of hydrogen-bond donors (Lipinski definition) is 1. The Kier molecular flexibility index (Phi) is 4.11. The predicted octanol–water partition coefficient (Wildman–Crippen LogP) is 5.12. The first kappa shape index (κ1) is 16.4. The zero-order valence-electron chi connectivity index (χ0n) is 14.3. The van der Waals surface area contributed by atoms with Crippen molar-refractivity contribution in [3.63, 3.8) is 0 Å². The number of hydrazine groups is 1. The van der Waals surface area contributed by atoms with Crippen molar-refractivity contribution < 1.29 is 0 Å². The number of fused-ring (bicyclic) bond motifs is 2. The largest absolute Gasteiger partial charge is 0.299 e. The van der Waals surface area contributed by atoms with Gasteiger partial charge in [-0.2, -0.15) is 4.98 Å². The Balaban J connectivity index is 1.67. The second-order valence-corrected chi connectivity index (χ2v) is 8.55. The molecule has 1 unspecified atom stereocenters. The van der Waals surface area contributed by atoms with Crippen molar-refractivity contribution in [3.05, 3.63) is 83.9 Å². The lowest BCUT2D eigenvalue weighted by Crippen LogP contribution is -2.40. The van der Waals surface area contributed by atoms with Gasteiger partial charge in [0, 0.05) is 5.02 Å². The Morgan fingerprint density at radius 1 is 0.852 bits per heavy atom. The number of hydrogen-bond acceptors (Lipinski definition) is 4. The van der Waals surface area contributed by atoms with Crippen molar-refractivity contribution in [2.45, 2.75) is 9.92 Å². The van der Waals surface area contributed by atoms with Crippen LogP contribution in [0.3, 0.4) is 0 Å². The molecule has 0 saturated heterocycles. The molecule has 0 saturated carbocycles. The van der Waals surface area contributed by atoms with Crippen LogP contribution in [0.2, 0.25) is 5.02 Å². The number of halogens is 1. The Hall–Kier alpha value is -2.76. The average Bonchev–Trinajstić information content (AvgIpc) is 2.73. The van der Waals surface area contributed by atoms with Gasteiger partial charge in [-0.05, 0) is 42.5 Å². The van der Waals surface area contributed by atoms with Crippen LogP contribution in [0.5, 0.6) is 0 Å². The van der Waals surface area contributed by atoms with Crippen LogP contribution in [0.4, 0.5) is 11.5 Å². The summed E-state index contributed by atoms with van der Waals surface area (Å²) in [7, 11) is -0.218. The standard InChI is InChI=1S/C21H16ClN4S/c22-15-11-12-18-19(13-15)23-20-21(24-18)27(17-9-5-2-6-10-17)14-26(25-20)16-7-3-1-4-8-16/h1-13H,14H2,(H,23,25)/q+1. The lowest BCUT2D eigenvalue weighted by Gasteiger charge is -2.29. The molecule has 1 aromatic heterocycles. The van der Waals surface area contributed by atoms with Crippen LogP contribution in [0.1, 0.15) is 0 Å². The fraction of sp³-hybridized carbons (Fsp3) is 0.0476. The Labute approximate surface area is 165 Å². The van der Waals surface area contributed by atoms with E-state index in [-0.39, 0.29) is 10.9 Å². The van der Waals surface area contributed by atoms with Gasteiger partial charge in [0.15, 0.2) is 4.90 Å². The molecule has 0 spiro atoms. The monoisotopic (exact) mass is 391 g/mol. The van der Waals surface area contributed by atoms with Crippen LogP contribution in [0.25, 0.3) is 11.0 Å². The van der Waals surface area contributed by atoms with E-state index in [1.165, 1.54) is 4.90 Å². The molecule has 6 heteroatoms. The molecule has 1 aliphatic rings. The van der Waals surface area contributed by atoms with Crippen molar-refractivity contribution in [1.29, 1.82) is 0 Å². The van der Waals surface area contributed by atoms with Crippen molar-refractivity contribution >= 4 is 45.0 Å². The van der Waals surface area contributed by atoms with Crippen molar-refractivity contribution in [3.8, 4) is 0 Å². The van der Waals surface area contributed by atoms with Gasteiger partial charge in [-0.1, -0.05) is 48.0 Å². The predicted molar refractivity (Wildman–Crippen MR) is 112 cm³/mol. The fourth-order valence-electron chi connectivity index (χ4n) is 3.12. The summed E-state index contributed by atoms with van der Waals surface area (Å²) in [6, 6.07) is 26.4. The van der Waals surface area contributed by atoms with Crippen molar-refractivity contribution in [2.24, 2.45) is 0 Å². The summed E-state index contributed by atoms with van der Waals surface area (Å²) in [6.45, 7) is 0. The molecule has 0 bridgehead atoms. The molecule has 1 N–H and O–H groups in total. The third-order valence-electron chi connectivity index (χ3n) is 4.42. The first-order chi connectivity index (χ1) is 13.3. The van der Waals surface area contributed by atoms with Gasteiger partial charge in [-0.25, -0.2) is 9.99 Å². The molecular formula is C21H16ClN4S+. The molecular weight excluding hydrogens is 376 g/mol. The van der Waals surface area contributed by atoms with Crippen LogP contribution < -0.4 is 10.4 Å². The maximum atomic E-state index is 6.15. The van der Waals surface area contributed by atoms with E-state index in [1.807, 2.05) is 42.5 Å².